The van der Waals surface area contributed by atoms with Crippen LogP contribution in [0, 0.1) is 23.7 Å². The highest BCUT2D eigenvalue weighted by Crippen LogP contribution is 2.55. The lowest BCUT2D eigenvalue weighted by atomic mass is 9.82. The number of imide groups is 1. The zero-order chi connectivity index (χ0) is 15.6. The SMILES string of the molecule is CC1=C[C@H]2C[C@H]1[C@@H]1C(=O)N(c3ccc(C(=O)O)cc3)C(=O)[C@H]12. The summed E-state index contributed by atoms with van der Waals surface area (Å²) in [6, 6.07) is 5.90. The summed E-state index contributed by atoms with van der Waals surface area (Å²) < 4.78 is 0. The van der Waals surface area contributed by atoms with Gasteiger partial charge >= 0.3 is 5.97 Å². The van der Waals surface area contributed by atoms with Crippen molar-refractivity contribution in [3.63, 3.8) is 0 Å². The second-order valence-corrected chi connectivity index (χ2v) is 6.33. The van der Waals surface area contributed by atoms with E-state index in [9.17, 15) is 14.4 Å². The van der Waals surface area contributed by atoms with Gasteiger partial charge in [0.2, 0.25) is 11.8 Å². The van der Waals surface area contributed by atoms with Crippen molar-refractivity contribution in [3.8, 4) is 0 Å². The van der Waals surface area contributed by atoms with Crippen LogP contribution in [0.2, 0.25) is 0 Å². The Kier molecular flexibility index (Phi) is 2.58. The molecular weight excluding hydrogens is 282 g/mol. The molecule has 2 amide bonds. The molecule has 0 radical (unpaired) electrons. The summed E-state index contributed by atoms with van der Waals surface area (Å²) in [5.74, 6) is -1.42. The number of carboxylic acids is 1. The Labute approximate surface area is 127 Å². The van der Waals surface area contributed by atoms with Crippen molar-refractivity contribution in [3.05, 3.63) is 41.5 Å². The molecule has 4 atom stereocenters. The van der Waals surface area contributed by atoms with Gasteiger partial charge < -0.3 is 5.11 Å². The topological polar surface area (TPSA) is 74.7 Å². The molecule has 1 aromatic rings. The maximum absolute atomic E-state index is 12.7. The lowest BCUT2D eigenvalue weighted by Gasteiger charge is -2.19. The second kappa shape index (κ2) is 4.29. The predicted octanol–water partition coefficient (Wildman–Crippen LogP) is 2.09. The molecule has 1 aliphatic heterocycles. The Morgan fingerprint density at radius 2 is 1.77 bits per heavy atom. The van der Waals surface area contributed by atoms with Crippen molar-refractivity contribution in [1.29, 1.82) is 0 Å². The fourth-order valence-corrected chi connectivity index (χ4v) is 4.28. The van der Waals surface area contributed by atoms with E-state index in [0.717, 1.165) is 6.42 Å². The van der Waals surface area contributed by atoms with Crippen LogP contribution in [0.1, 0.15) is 23.7 Å². The van der Waals surface area contributed by atoms with Gasteiger partial charge in [-0.3, -0.25) is 14.5 Å². The van der Waals surface area contributed by atoms with Crippen molar-refractivity contribution < 1.29 is 19.5 Å². The number of benzene rings is 1. The smallest absolute Gasteiger partial charge is 0.335 e. The van der Waals surface area contributed by atoms with Crippen LogP contribution in [0.3, 0.4) is 0 Å². The molecule has 5 nitrogen and oxygen atoms in total. The van der Waals surface area contributed by atoms with E-state index >= 15 is 0 Å². The van der Waals surface area contributed by atoms with Crippen LogP contribution in [0.5, 0.6) is 0 Å². The summed E-state index contributed by atoms with van der Waals surface area (Å²) in [7, 11) is 0. The van der Waals surface area contributed by atoms with Crippen LogP contribution in [-0.2, 0) is 9.59 Å². The summed E-state index contributed by atoms with van der Waals surface area (Å²) >= 11 is 0. The first-order valence-electron chi connectivity index (χ1n) is 7.38. The molecule has 0 spiro atoms. The fraction of sp³-hybridized carbons (Fsp3) is 0.353. The second-order valence-electron chi connectivity index (χ2n) is 6.33. The third-order valence-electron chi connectivity index (χ3n) is 5.25. The van der Waals surface area contributed by atoms with Crippen LogP contribution < -0.4 is 4.90 Å². The zero-order valence-electron chi connectivity index (χ0n) is 12.0. The van der Waals surface area contributed by atoms with Gasteiger partial charge in [-0.15, -0.1) is 0 Å². The number of amides is 2. The fourth-order valence-electron chi connectivity index (χ4n) is 4.28. The predicted molar refractivity (Wildman–Crippen MR) is 78.2 cm³/mol. The van der Waals surface area contributed by atoms with Gasteiger partial charge in [-0.1, -0.05) is 11.6 Å². The number of carboxylic acid groups (broad SMARTS) is 1. The monoisotopic (exact) mass is 297 g/mol. The molecule has 22 heavy (non-hydrogen) atoms. The third-order valence-corrected chi connectivity index (χ3v) is 5.25. The molecule has 4 rings (SSSR count). The van der Waals surface area contributed by atoms with E-state index in [1.165, 1.54) is 34.7 Å². The highest BCUT2D eigenvalue weighted by Gasteiger charge is 2.60. The number of rotatable bonds is 2. The number of carbonyl (C=O) groups is 3. The molecule has 1 saturated heterocycles. The molecule has 2 fully saturated rings. The number of fused-ring (bicyclic) bond motifs is 5. The van der Waals surface area contributed by atoms with Crippen molar-refractivity contribution in [2.24, 2.45) is 23.7 Å². The van der Waals surface area contributed by atoms with Crippen molar-refractivity contribution >= 4 is 23.5 Å². The van der Waals surface area contributed by atoms with Crippen LogP contribution in [0.4, 0.5) is 5.69 Å². The summed E-state index contributed by atoms with van der Waals surface area (Å²) in [6.45, 7) is 2.03. The van der Waals surface area contributed by atoms with E-state index in [1.54, 1.807) is 0 Å². The Morgan fingerprint density at radius 1 is 1.14 bits per heavy atom. The molecule has 2 aliphatic carbocycles. The zero-order valence-corrected chi connectivity index (χ0v) is 12.0. The maximum Gasteiger partial charge on any atom is 0.335 e. The maximum atomic E-state index is 12.7. The molecule has 2 bridgehead atoms. The molecule has 0 unspecified atom stereocenters. The standard InChI is InChI=1S/C17H15NO4/c1-8-6-10-7-12(8)14-13(10)15(19)18(16(14)20)11-4-2-9(3-5-11)17(21)22/h2-6,10,12-14H,7H2,1H3,(H,21,22)/t10-,12+,13-,14-/m0/s1. The third kappa shape index (κ3) is 1.56. The van der Waals surface area contributed by atoms with Gasteiger partial charge in [0.05, 0.1) is 23.1 Å². The Bertz CT molecular complexity index is 734. The van der Waals surface area contributed by atoms with Gasteiger partial charge in [0.15, 0.2) is 0 Å². The minimum absolute atomic E-state index is 0.139. The largest absolute Gasteiger partial charge is 0.478 e. The molecule has 112 valence electrons. The van der Waals surface area contributed by atoms with Crippen molar-refractivity contribution in [1.82, 2.24) is 0 Å². The van der Waals surface area contributed by atoms with Crippen LogP contribution in [-0.4, -0.2) is 22.9 Å². The summed E-state index contributed by atoms with van der Waals surface area (Å²) in [5, 5.41) is 8.93. The van der Waals surface area contributed by atoms with Gasteiger partial charge in [0, 0.05) is 0 Å². The number of hydrogen-bond donors (Lipinski definition) is 1. The Balaban J connectivity index is 1.69. The van der Waals surface area contributed by atoms with Gasteiger partial charge in [-0.05, 0) is 49.4 Å². The first kappa shape index (κ1) is 13.2. The van der Waals surface area contributed by atoms with Crippen LogP contribution in [0.15, 0.2) is 35.9 Å². The molecule has 5 heteroatoms. The molecule has 0 aromatic heterocycles. The Morgan fingerprint density at radius 3 is 2.41 bits per heavy atom. The van der Waals surface area contributed by atoms with Crippen LogP contribution >= 0.6 is 0 Å². The average Bonchev–Trinajstić information content (AvgIpc) is 3.11. The highest BCUT2D eigenvalue weighted by molar-refractivity contribution is 6.22. The van der Waals surface area contributed by atoms with E-state index in [1.807, 2.05) is 6.92 Å². The number of anilines is 1. The molecular formula is C17H15NO4. The average molecular weight is 297 g/mol. The molecule has 1 saturated carbocycles. The number of nitrogens with zero attached hydrogens (tertiary/aromatic N) is 1. The van der Waals surface area contributed by atoms with Gasteiger partial charge in [0.25, 0.3) is 0 Å². The lowest BCUT2D eigenvalue weighted by molar-refractivity contribution is -0.123. The van der Waals surface area contributed by atoms with Crippen molar-refractivity contribution in [2.45, 2.75) is 13.3 Å². The Hall–Kier alpha value is -2.43. The normalized spacial score (nSPS) is 32.4. The van der Waals surface area contributed by atoms with Gasteiger partial charge in [-0.25, -0.2) is 4.79 Å². The molecule has 1 heterocycles. The molecule has 1 aromatic carbocycles. The minimum Gasteiger partial charge on any atom is -0.478 e. The minimum atomic E-state index is -1.03. The number of allylic oxidation sites excluding steroid dienone is 2. The van der Waals surface area contributed by atoms with Crippen molar-refractivity contribution in [2.75, 3.05) is 4.90 Å². The summed E-state index contributed by atoms with van der Waals surface area (Å²) in [5.41, 5.74) is 1.82. The summed E-state index contributed by atoms with van der Waals surface area (Å²) in [4.78, 5) is 37.5. The first-order valence-corrected chi connectivity index (χ1v) is 7.38. The lowest BCUT2D eigenvalue weighted by Crippen LogP contribution is -2.32. The van der Waals surface area contributed by atoms with E-state index in [-0.39, 0.29) is 41.0 Å². The molecule has 1 N–H and O–H groups in total. The van der Waals surface area contributed by atoms with E-state index in [4.69, 9.17) is 5.11 Å². The quantitative estimate of drug-likeness (QED) is 0.670. The summed E-state index contributed by atoms with van der Waals surface area (Å²) in [6.07, 6.45) is 3.04. The molecule has 3 aliphatic rings. The van der Waals surface area contributed by atoms with Crippen LogP contribution in [0.25, 0.3) is 0 Å². The number of hydrogen-bond acceptors (Lipinski definition) is 3. The van der Waals surface area contributed by atoms with E-state index in [0.29, 0.717) is 5.69 Å². The number of carbonyl (C=O) groups excluding carboxylic acids is 2. The van der Waals surface area contributed by atoms with Gasteiger partial charge in [-0.2, -0.15) is 0 Å². The van der Waals surface area contributed by atoms with Gasteiger partial charge in [0.1, 0.15) is 0 Å². The highest BCUT2D eigenvalue weighted by atomic mass is 16.4. The van der Waals surface area contributed by atoms with E-state index < -0.39 is 5.97 Å². The first-order chi connectivity index (χ1) is 10.5. The van der Waals surface area contributed by atoms with E-state index in [2.05, 4.69) is 6.08 Å². The number of aromatic carboxylic acids is 1.